The Kier molecular flexibility index (Phi) is 3.38. The van der Waals surface area contributed by atoms with Crippen molar-refractivity contribution in [3.8, 4) is 0 Å². The quantitative estimate of drug-likeness (QED) is 0.877. The minimum atomic E-state index is -0.457. The Morgan fingerprint density at radius 1 is 1.32 bits per heavy atom. The number of rotatable bonds is 3. The Hall–Kier alpha value is -2.17. The van der Waals surface area contributed by atoms with E-state index >= 15 is 0 Å². The number of primary amides is 1. The number of carbonyl (C=O) groups excluding carboxylic acids is 1. The van der Waals surface area contributed by atoms with Crippen LogP contribution in [0.25, 0.3) is 10.9 Å². The molecule has 0 unspecified atom stereocenters. The SMILES string of the molecule is Cc1ccc2nc(N)nc(CC(C)C)c2c1C(N)=O. The number of nitrogen functional groups attached to an aromatic ring is 1. The molecule has 1 amide bonds. The van der Waals surface area contributed by atoms with E-state index < -0.39 is 5.91 Å². The molecule has 0 aliphatic rings. The number of carbonyl (C=O) groups is 1. The summed E-state index contributed by atoms with van der Waals surface area (Å²) >= 11 is 0. The highest BCUT2D eigenvalue weighted by Gasteiger charge is 2.17. The molecule has 4 N–H and O–H groups in total. The molecule has 19 heavy (non-hydrogen) atoms. The first-order valence-electron chi connectivity index (χ1n) is 6.25. The van der Waals surface area contributed by atoms with Crippen LogP contribution >= 0.6 is 0 Å². The maximum absolute atomic E-state index is 11.7. The molecule has 0 bridgehead atoms. The van der Waals surface area contributed by atoms with Crippen LogP contribution in [0, 0.1) is 12.8 Å². The Labute approximate surface area is 112 Å². The van der Waals surface area contributed by atoms with Crippen molar-refractivity contribution in [1.29, 1.82) is 0 Å². The predicted molar refractivity (Wildman–Crippen MR) is 75.7 cm³/mol. The van der Waals surface area contributed by atoms with Gasteiger partial charge in [-0.2, -0.15) is 0 Å². The van der Waals surface area contributed by atoms with Crippen molar-refractivity contribution in [1.82, 2.24) is 9.97 Å². The number of hydrogen-bond donors (Lipinski definition) is 2. The molecule has 0 saturated carbocycles. The lowest BCUT2D eigenvalue weighted by Gasteiger charge is -2.13. The summed E-state index contributed by atoms with van der Waals surface area (Å²) in [6, 6.07) is 3.67. The highest BCUT2D eigenvalue weighted by Crippen LogP contribution is 2.25. The van der Waals surface area contributed by atoms with Gasteiger partial charge in [-0.3, -0.25) is 4.79 Å². The standard InChI is InChI=1S/C14H18N4O/c1-7(2)6-10-12-9(17-14(16)18-10)5-4-8(3)11(12)13(15)19/h4-5,7H,6H2,1-3H3,(H2,15,19)(H2,16,17,18). The Balaban J connectivity index is 2.85. The number of amides is 1. The molecule has 0 aliphatic carbocycles. The van der Waals surface area contributed by atoms with Crippen LogP contribution in [0.4, 0.5) is 5.95 Å². The monoisotopic (exact) mass is 258 g/mol. The van der Waals surface area contributed by atoms with Gasteiger partial charge in [-0.05, 0) is 30.9 Å². The van der Waals surface area contributed by atoms with E-state index in [-0.39, 0.29) is 5.95 Å². The zero-order chi connectivity index (χ0) is 14.2. The zero-order valence-corrected chi connectivity index (χ0v) is 11.4. The van der Waals surface area contributed by atoms with Gasteiger partial charge < -0.3 is 11.5 Å². The third-order valence-electron chi connectivity index (χ3n) is 3.01. The number of nitrogens with two attached hydrogens (primary N) is 2. The van der Waals surface area contributed by atoms with Gasteiger partial charge in [0.15, 0.2) is 0 Å². The van der Waals surface area contributed by atoms with Gasteiger partial charge in [-0.25, -0.2) is 9.97 Å². The average Bonchev–Trinajstić information content (AvgIpc) is 2.28. The summed E-state index contributed by atoms with van der Waals surface area (Å²) < 4.78 is 0. The van der Waals surface area contributed by atoms with Crippen molar-refractivity contribution in [2.45, 2.75) is 27.2 Å². The maximum Gasteiger partial charge on any atom is 0.249 e. The van der Waals surface area contributed by atoms with Gasteiger partial charge in [0.25, 0.3) is 0 Å². The average molecular weight is 258 g/mol. The lowest BCUT2D eigenvalue weighted by atomic mass is 9.97. The van der Waals surface area contributed by atoms with Crippen LogP contribution in [0.5, 0.6) is 0 Å². The smallest absolute Gasteiger partial charge is 0.249 e. The fourth-order valence-corrected chi connectivity index (χ4v) is 2.28. The van der Waals surface area contributed by atoms with E-state index in [1.165, 1.54) is 0 Å². The molecule has 0 atom stereocenters. The molecule has 100 valence electrons. The summed E-state index contributed by atoms with van der Waals surface area (Å²) in [5, 5.41) is 0.732. The molecule has 0 aliphatic heterocycles. The fourth-order valence-electron chi connectivity index (χ4n) is 2.28. The summed E-state index contributed by atoms with van der Waals surface area (Å²) in [6.45, 7) is 6.03. The van der Waals surface area contributed by atoms with Crippen molar-refractivity contribution in [3.63, 3.8) is 0 Å². The summed E-state index contributed by atoms with van der Waals surface area (Å²) in [6.07, 6.45) is 0.729. The second-order valence-electron chi connectivity index (χ2n) is 5.14. The van der Waals surface area contributed by atoms with Crippen LogP contribution < -0.4 is 11.5 Å². The van der Waals surface area contributed by atoms with Gasteiger partial charge in [0, 0.05) is 5.39 Å². The molecule has 5 heteroatoms. The molecule has 0 fully saturated rings. The van der Waals surface area contributed by atoms with E-state index in [1.807, 2.05) is 19.1 Å². The number of hydrogen-bond acceptors (Lipinski definition) is 4. The highest BCUT2D eigenvalue weighted by atomic mass is 16.1. The topological polar surface area (TPSA) is 94.9 Å². The molecule has 0 radical (unpaired) electrons. The maximum atomic E-state index is 11.7. The van der Waals surface area contributed by atoms with Crippen LogP contribution in [-0.4, -0.2) is 15.9 Å². The first kappa shape index (κ1) is 13.3. The van der Waals surface area contributed by atoms with Crippen LogP contribution in [0.3, 0.4) is 0 Å². The number of nitrogens with zero attached hydrogens (tertiary/aromatic N) is 2. The minimum Gasteiger partial charge on any atom is -0.368 e. The molecule has 0 saturated heterocycles. The van der Waals surface area contributed by atoms with Crippen LogP contribution in [0.15, 0.2) is 12.1 Å². The van der Waals surface area contributed by atoms with Crippen LogP contribution in [-0.2, 0) is 6.42 Å². The van der Waals surface area contributed by atoms with E-state index in [4.69, 9.17) is 11.5 Å². The number of fused-ring (bicyclic) bond motifs is 1. The van der Waals surface area contributed by atoms with Crippen LogP contribution in [0.1, 0.15) is 35.5 Å². The van der Waals surface area contributed by atoms with E-state index in [1.54, 1.807) is 0 Å². The van der Waals surface area contributed by atoms with Crippen LogP contribution in [0.2, 0.25) is 0 Å². The van der Waals surface area contributed by atoms with Crippen molar-refractivity contribution >= 4 is 22.8 Å². The number of benzene rings is 1. The second kappa shape index (κ2) is 4.84. The van der Waals surface area contributed by atoms with Crippen molar-refractivity contribution in [2.75, 3.05) is 5.73 Å². The zero-order valence-electron chi connectivity index (χ0n) is 11.4. The molecule has 1 aromatic heterocycles. The summed E-state index contributed by atoms with van der Waals surface area (Å²) in [7, 11) is 0. The summed E-state index contributed by atoms with van der Waals surface area (Å²) in [5.74, 6) is 0.169. The number of aromatic nitrogens is 2. The van der Waals surface area contributed by atoms with Gasteiger partial charge in [-0.15, -0.1) is 0 Å². The third kappa shape index (κ3) is 2.50. The fraction of sp³-hybridized carbons (Fsp3) is 0.357. The van der Waals surface area contributed by atoms with Crippen molar-refractivity contribution in [2.24, 2.45) is 11.7 Å². The van der Waals surface area contributed by atoms with Crippen molar-refractivity contribution < 1.29 is 4.79 Å². The first-order chi connectivity index (χ1) is 8.90. The molecule has 2 rings (SSSR count). The normalized spacial score (nSPS) is 11.2. The van der Waals surface area contributed by atoms with Gasteiger partial charge in [0.1, 0.15) is 0 Å². The molecular formula is C14H18N4O. The van der Waals surface area contributed by atoms with Crippen molar-refractivity contribution in [3.05, 3.63) is 29.0 Å². The van der Waals surface area contributed by atoms with E-state index in [9.17, 15) is 4.79 Å². The minimum absolute atomic E-state index is 0.224. The van der Waals surface area contributed by atoms with Gasteiger partial charge in [-0.1, -0.05) is 19.9 Å². The Morgan fingerprint density at radius 3 is 2.58 bits per heavy atom. The molecule has 0 spiro atoms. The summed E-state index contributed by atoms with van der Waals surface area (Å²) in [4.78, 5) is 20.2. The number of anilines is 1. The molecule has 1 heterocycles. The second-order valence-corrected chi connectivity index (χ2v) is 5.14. The lowest BCUT2D eigenvalue weighted by molar-refractivity contribution is 0.100. The van der Waals surface area contributed by atoms with E-state index in [0.717, 1.165) is 23.1 Å². The largest absolute Gasteiger partial charge is 0.368 e. The number of aryl methyl sites for hydroxylation is 1. The Bertz CT molecular complexity index is 649. The molecular weight excluding hydrogens is 240 g/mol. The van der Waals surface area contributed by atoms with Gasteiger partial charge >= 0.3 is 0 Å². The predicted octanol–water partition coefficient (Wildman–Crippen LogP) is 1.82. The first-order valence-corrected chi connectivity index (χ1v) is 6.25. The molecule has 2 aromatic rings. The highest BCUT2D eigenvalue weighted by molar-refractivity contribution is 6.07. The van der Waals surface area contributed by atoms with Gasteiger partial charge in [0.05, 0.1) is 16.8 Å². The van der Waals surface area contributed by atoms with Gasteiger partial charge in [0.2, 0.25) is 11.9 Å². The molecule has 5 nitrogen and oxygen atoms in total. The van der Waals surface area contributed by atoms with E-state index in [2.05, 4.69) is 23.8 Å². The third-order valence-corrected chi connectivity index (χ3v) is 3.01. The summed E-state index contributed by atoms with van der Waals surface area (Å²) in [5.41, 5.74) is 14.0. The van der Waals surface area contributed by atoms with E-state index in [0.29, 0.717) is 17.0 Å². The molecule has 1 aromatic carbocycles. The lowest BCUT2D eigenvalue weighted by Crippen LogP contribution is -2.16. The Morgan fingerprint density at radius 2 is 2.00 bits per heavy atom.